The average molecular weight is 271 g/mol. The highest BCUT2D eigenvalue weighted by Gasteiger charge is 2.19. The molecule has 0 fully saturated rings. The fourth-order valence-corrected chi connectivity index (χ4v) is 2.04. The number of halogens is 1. The Morgan fingerprint density at radius 3 is 2.83 bits per heavy atom. The number of hydrogen-bond acceptors (Lipinski definition) is 4. The van der Waals surface area contributed by atoms with Crippen molar-refractivity contribution < 1.29 is 13.9 Å². The molecule has 18 heavy (non-hydrogen) atoms. The van der Waals surface area contributed by atoms with Gasteiger partial charge in [0, 0.05) is 0 Å². The predicted octanol–water partition coefficient (Wildman–Crippen LogP) is 2.92. The summed E-state index contributed by atoms with van der Waals surface area (Å²) in [6.45, 7) is 0. The molecule has 0 radical (unpaired) electrons. The molecule has 0 amide bonds. The van der Waals surface area contributed by atoms with E-state index in [4.69, 9.17) is 4.74 Å². The van der Waals surface area contributed by atoms with Crippen molar-refractivity contribution in [3.8, 4) is 0 Å². The highest BCUT2D eigenvalue weighted by molar-refractivity contribution is 7.98. The number of methoxy groups -OCH3 is 1. The third kappa shape index (κ3) is 4.56. The summed E-state index contributed by atoms with van der Waals surface area (Å²) in [7, 11) is 1.34. The molecule has 5 heteroatoms. The van der Waals surface area contributed by atoms with Crippen LogP contribution in [0.1, 0.15) is 12.8 Å². The third-order valence-corrected chi connectivity index (χ3v) is 3.23. The summed E-state index contributed by atoms with van der Waals surface area (Å²) in [6, 6.07) is 5.81. The van der Waals surface area contributed by atoms with Crippen molar-refractivity contribution in [1.82, 2.24) is 0 Å². The minimum Gasteiger partial charge on any atom is -0.467 e. The van der Waals surface area contributed by atoms with Crippen LogP contribution in [0.4, 0.5) is 10.1 Å². The van der Waals surface area contributed by atoms with Crippen molar-refractivity contribution in [1.29, 1.82) is 0 Å². The molecule has 100 valence electrons. The zero-order valence-corrected chi connectivity index (χ0v) is 11.4. The molecule has 1 atom stereocenters. The van der Waals surface area contributed by atoms with Crippen LogP contribution in [0.3, 0.4) is 0 Å². The Hall–Kier alpha value is -1.23. The van der Waals surface area contributed by atoms with E-state index in [-0.39, 0.29) is 11.8 Å². The molecule has 0 heterocycles. The molecule has 0 bridgehead atoms. The predicted molar refractivity (Wildman–Crippen MR) is 73.4 cm³/mol. The van der Waals surface area contributed by atoms with Crippen molar-refractivity contribution >= 4 is 23.4 Å². The molecular formula is C13H18FNO2S. The molecule has 1 aromatic rings. The molecule has 1 N–H and O–H groups in total. The molecule has 1 aromatic carbocycles. The maximum atomic E-state index is 13.5. The van der Waals surface area contributed by atoms with Crippen molar-refractivity contribution in [2.45, 2.75) is 18.9 Å². The van der Waals surface area contributed by atoms with Gasteiger partial charge in [-0.15, -0.1) is 0 Å². The summed E-state index contributed by atoms with van der Waals surface area (Å²) < 4.78 is 18.2. The summed E-state index contributed by atoms with van der Waals surface area (Å²) in [5.74, 6) is 0.238. The highest BCUT2D eigenvalue weighted by atomic mass is 32.2. The molecular weight excluding hydrogens is 253 g/mol. The molecule has 0 spiro atoms. The first-order chi connectivity index (χ1) is 8.69. The second-order valence-electron chi connectivity index (χ2n) is 3.83. The number of para-hydroxylation sites is 1. The van der Waals surface area contributed by atoms with E-state index < -0.39 is 6.04 Å². The van der Waals surface area contributed by atoms with Gasteiger partial charge in [-0.25, -0.2) is 9.18 Å². The van der Waals surface area contributed by atoms with Crippen molar-refractivity contribution in [3.05, 3.63) is 30.1 Å². The highest BCUT2D eigenvalue weighted by Crippen LogP contribution is 2.16. The van der Waals surface area contributed by atoms with Crippen LogP contribution in [0.15, 0.2) is 24.3 Å². The van der Waals surface area contributed by atoms with Crippen LogP contribution in [0.2, 0.25) is 0 Å². The lowest BCUT2D eigenvalue weighted by molar-refractivity contribution is -0.141. The van der Waals surface area contributed by atoms with Gasteiger partial charge < -0.3 is 10.1 Å². The van der Waals surface area contributed by atoms with Gasteiger partial charge in [-0.1, -0.05) is 12.1 Å². The maximum Gasteiger partial charge on any atom is 0.328 e. The van der Waals surface area contributed by atoms with E-state index in [9.17, 15) is 9.18 Å². The summed E-state index contributed by atoms with van der Waals surface area (Å²) in [4.78, 5) is 11.6. The van der Waals surface area contributed by atoms with Crippen LogP contribution >= 0.6 is 11.8 Å². The van der Waals surface area contributed by atoms with Gasteiger partial charge >= 0.3 is 5.97 Å². The molecule has 0 saturated carbocycles. The SMILES string of the molecule is COC(=O)C(CCCSC)Nc1ccccc1F. The van der Waals surface area contributed by atoms with Crippen molar-refractivity contribution in [3.63, 3.8) is 0 Å². The van der Waals surface area contributed by atoms with E-state index in [2.05, 4.69) is 5.32 Å². The molecule has 0 aliphatic heterocycles. The topological polar surface area (TPSA) is 38.3 Å². The van der Waals surface area contributed by atoms with E-state index >= 15 is 0 Å². The summed E-state index contributed by atoms with van der Waals surface area (Å²) in [5, 5.41) is 2.90. The number of hydrogen-bond donors (Lipinski definition) is 1. The number of carbonyl (C=O) groups excluding carboxylic acids is 1. The van der Waals surface area contributed by atoms with Gasteiger partial charge in [-0.2, -0.15) is 11.8 Å². The smallest absolute Gasteiger partial charge is 0.328 e. The van der Waals surface area contributed by atoms with Crippen LogP contribution in [0.5, 0.6) is 0 Å². The van der Waals surface area contributed by atoms with Crippen molar-refractivity contribution in [2.24, 2.45) is 0 Å². The lowest BCUT2D eigenvalue weighted by Gasteiger charge is -2.17. The standard InChI is InChI=1S/C13H18FNO2S/c1-17-13(16)12(8-5-9-18-2)15-11-7-4-3-6-10(11)14/h3-4,6-7,12,15H,5,8-9H2,1-2H3. The minimum atomic E-state index is -0.501. The molecule has 1 rings (SSSR count). The van der Waals surface area contributed by atoms with Crippen LogP contribution in [-0.2, 0) is 9.53 Å². The van der Waals surface area contributed by atoms with Gasteiger partial charge in [0.1, 0.15) is 11.9 Å². The summed E-state index contributed by atoms with van der Waals surface area (Å²) in [5.41, 5.74) is 0.331. The van der Waals surface area contributed by atoms with Gasteiger partial charge in [-0.05, 0) is 37.0 Å². The van der Waals surface area contributed by atoms with Crippen molar-refractivity contribution in [2.75, 3.05) is 24.4 Å². The number of esters is 1. The number of benzene rings is 1. The lowest BCUT2D eigenvalue weighted by atomic mass is 10.1. The first-order valence-electron chi connectivity index (χ1n) is 5.77. The van der Waals surface area contributed by atoms with Gasteiger partial charge in [0.15, 0.2) is 0 Å². The first kappa shape index (κ1) is 14.8. The largest absolute Gasteiger partial charge is 0.467 e. The second-order valence-corrected chi connectivity index (χ2v) is 4.82. The summed E-state index contributed by atoms with van der Waals surface area (Å²) >= 11 is 1.72. The quantitative estimate of drug-likeness (QED) is 0.611. The molecule has 1 unspecified atom stereocenters. The monoisotopic (exact) mass is 271 g/mol. The van der Waals surface area contributed by atoms with Gasteiger partial charge in [-0.3, -0.25) is 0 Å². The van der Waals surface area contributed by atoms with E-state index in [1.807, 2.05) is 6.26 Å². The van der Waals surface area contributed by atoms with Gasteiger partial charge in [0.2, 0.25) is 0 Å². The Labute approximate surface area is 111 Å². The van der Waals surface area contributed by atoms with Gasteiger partial charge in [0.05, 0.1) is 12.8 Å². The second kappa shape index (κ2) is 7.97. The number of ether oxygens (including phenoxy) is 1. The Morgan fingerprint density at radius 1 is 1.50 bits per heavy atom. The number of rotatable bonds is 7. The Balaban J connectivity index is 2.66. The van der Waals surface area contributed by atoms with E-state index in [1.165, 1.54) is 13.2 Å². The van der Waals surface area contributed by atoms with Crippen LogP contribution < -0.4 is 5.32 Å². The van der Waals surface area contributed by atoms with Gasteiger partial charge in [0.25, 0.3) is 0 Å². The number of nitrogens with one attached hydrogen (secondary N) is 1. The molecule has 0 aliphatic rings. The number of carbonyl (C=O) groups is 1. The molecule has 0 saturated heterocycles. The normalized spacial score (nSPS) is 11.9. The van der Waals surface area contributed by atoms with E-state index in [1.54, 1.807) is 30.0 Å². The maximum absolute atomic E-state index is 13.5. The zero-order valence-electron chi connectivity index (χ0n) is 10.6. The Bertz CT molecular complexity index is 387. The Kier molecular flexibility index (Phi) is 6.57. The number of anilines is 1. The van der Waals surface area contributed by atoms with Crippen LogP contribution in [0.25, 0.3) is 0 Å². The molecule has 0 aliphatic carbocycles. The van der Waals surface area contributed by atoms with Crippen LogP contribution in [-0.4, -0.2) is 31.1 Å². The lowest BCUT2D eigenvalue weighted by Crippen LogP contribution is -2.31. The zero-order chi connectivity index (χ0) is 13.4. The average Bonchev–Trinajstić information content (AvgIpc) is 2.39. The van der Waals surface area contributed by atoms with E-state index in [0.717, 1.165) is 12.2 Å². The first-order valence-corrected chi connectivity index (χ1v) is 7.16. The third-order valence-electron chi connectivity index (χ3n) is 2.53. The minimum absolute atomic E-state index is 0.331. The molecule has 3 nitrogen and oxygen atoms in total. The fourth-order valence-electron chi connectivity index (χ4n) is 1.59. The fraction of sp³-hybridized carbons (Fsp3) is 0.462. The van der Waals surface area contributed by atoms with E-state index in [0.29, 0.717) is 12.1 Å². The Morgan fingerprint density at radius 2 is 2.22 bits per heavy atom. The molecule has 0 aromatic heterocycles. The summed E-state index contributed by atoms with van der Waals surface area (Å²) in [6.07, 6.45) is 3.52. The number of thioether (sulfide) groups is 1. The van der Waals surface area contributed by atoms with Crippen LogP contribution in [0, 0.1) is 5.82 Å².